The number of hydrogen-bond acceptors (Lipinski definition) is 12. The Bertz CT molecular complexity index is 1310. The van der Waals surface area contributed by atoms with Crippen molar-refractivity contribution in [2.45, 2.75) is 33.3 Å². The maximum atomic E-state index is 12.5. The topological polar surface area (TPSA) is 147 Å². The smallest absolute Gasteiger partial charge is 0.344 e. The lowest BCUT2D eigenvalue weighted by Gasteiger charge is -2.19. The highest BCUT2D eigenvalue weighted by Gasteiger charge is 2.18. The average molecular weight is 553 g/mol. The third kappa shape index (κ3) is 9.46. The summed E-state index contributed by atoms with van der Waals surface area (Å²) < 4.78 is 25.8. The number of benzene rings is 2. The van der Waals surface area contributed by atoms with E-state index in [2.05, 4.69) is 25.3 Å². The van der Waals surface area contributed by atoms with Crippen LogP contribution in [-0.4, -0.2) is 60.4 Å². The largest absolute Gasteiger partial charge is 0.482 e. The van der Waals surface area contributed by atoms with Crippen molar-refractivity contribution in [3.8, 4) is 11.5 Å². The minimum atomic E-state index is -0.589. The van der Waals surface area contributed by atoms with Crippen molar-refractivity contribution in [3.63, 3.8) is 0 Å². The van der Waals surface area contributed by atoms with Gasteiger partial charge in [-0.05, 0) is 76.2 Å². The van der Waals surface area contributed by atoms with Crippen molar-refractivity contribution in [1.29, 1.82) is 0 Å². The van der Waals surface area contributed by atoms with Gasteiger partial charge >= 0.3 is 17.9 Å². The van der Waals surface area contributed by atoms with E-state index >= 15 is 0 Å². The molecule has 0 fully saturated rings. The Kier molecular flexibility index (Phi) is 10.2. The van der Waals surface area contributed by atoms with E-state index in [4.69, 9.17) is 18.9 Å². The molecule has 0 saturated carbocycles. The number of carbonyl (C=O) groups is 3. The first kappa shape index (κ1) is 29.7. The number of anilines is 4. The summed E-state index contributed by atoms with van der Waals surface area (Å²) in [4.78, 5) is 44.3. The Hall–Kier alpha value is -4.87. The van der Waals surface area contributed by atoms with E-state index < -0.39 is 23.5 Å². The van der Waals surface area contributed by atoms with Crippen LogP contribution in [0.2, 0.25) is 0 Å². The lowest BCUT2D eigenvalue weighted by Crippen LogP contribution is -2.27. The van der Waals surface area contributed by atoms with E-state index in [0.29, 0.717) is 22.9 Å². The molecule has 40 heavy (non-hydrogen) atoms. The highest BCUT2D eigenvalue weighted by molar-refractivity contribution is 5.95. The molecule has 0 aliphatic carbocycles. The van der Waals surface area contributed by atoms with Gasteiger partial charge in [-0.15, -0.1) is 0 Å². The molecule has 2 aromatic carbocycles. The molecule has 0 radical (unpaired) electrons. The van der Waals surface area contributed by atoms with Gasteiger partial charge in [0.25, 0.3) is 0 Å². The fourth-order valence-electron chi connectivity index (χ4n) is 3.14. The van der Waals surface area contributed by atoms with E-state index in [0.717, 1.165) is 0 Å². The molecule has 0 bridgehead atoms. The molecule has 1 heterocycles. The second-order valence-corrected chi connectivity index (χ2v) is 9.22. The Balaban J connectivity index is 1.70. The van der Waals surface area contributed by atoms with Crippen LogP contribution in [0.25, 0.3) is 0 Å². The van der Waals surface area contributed by atoms with Gasteiger partial charge in [-0.3, -0.25) is 0 Å². The van der Waals surface area contributed by atoms with E-state index in [1.54, 1.807) is 76.2 Å². The second kappa shape index (κ2) is 13.8. The molecule has 0 spiro atoms. The zero-order valence-corrected chi connectivity index (χ0v) is 23.0. The zero-order valence-electron chi connectivity index (χ0n) is 23.0. The van der Waals surface area contributed by atoms with Crippen molar-refractivity contribution in [3.05, 3.63) is 60.3 Å². The molecule has 3 rings (SSSR count). The zero-order chi connectivity index (χ0) is 29.1. The fraction of sp³-hybridized carbons (Fsp3) is 0.321. The van der Waals surface area contributed by atoms with Crippen molar-refractivity contribution >= 4 is 41.0 Å². The number of carbonyl (C=O) groups excluding carboxylic acids is 3. The number of hydrogen-bond donors (Lipinski definition) is 2. The maximum Gasteiger partial charge on any atom is 0.344 e. The summed E-state index contributed by atoms with van der Waals surface area (Å²) in [5, 5.41) is 6.16. The molecule has 0 unspecified atom stereocenters. The Labute approximate surface area is 232 Å². The molecular formula is C28H32N4O8. The summed E-state index contributed by atoms with van der Waals surface area (Å²) in [7, 11) is 1.28. The van der Waals surface area contributed by atoms with Crippen LogP contribution in [0.5, 0.6) is 11.5 Å². The van der Waals surface area contributed by atoms with E-state index in [1.165, 1.54) is 13.3 Å². The standard InChI is InChI=1S/C28H32N4O8/c1-6-37-26(35)22-15-29-27(31-19-9-13-21(14-10-19)39-17-24(34)40-28(2,3)4)32-25(22)30-18-7-11-20(12-8-18)38-16-23(33)36-5/h7-15H,6,16-17H2,1-5H3,(H2,29,30,31,32). The molecule has 12 nitrogen and oxygen atoms in total. The van der Waals surface area contributed by atoms with Crippen molar-refractivity contribution < 1.29 is 38.1 Å². The first-order valence-electron chi connectivity index (χ1n) is 12.4. The number of esters is 3. The van der Waals surface area contributed by atoms with Crippen LogP contribution in [0.3, 0.4) is 0 Å². The number of methoxy groups -OCH3 is 1. The molecule has 2 N–H and O–H groups in total. The molecule has 1 aromatic heterocycles. The van der Waals surface area contributed by atoms with Crippen LogP contribution in [0, 0.1) is 0 Å². The van der Waals surface area contributed by atoms with E-state index in [9.17, 15) is 14.4 Å². The second-order valence-electron chi connectivity index (χ2n) is 9.22. The lowest BCUT2D eigenvalue weighted by molar-refractivity contribution is -0.157. The molecule has 0 aliphatic heterocycles. The minimum absolute atomic E-state index is 0.143. The van der Waals surface area contributed by atoms with Crippen LogP contribution in [-0.2, 0) is 23.8 Å². The molecule has 212 valence electrons. The lowest BCUT2D eigenvalue weighted by atomic mass is 10.2. The van der Waals surface area contributed by atoms with E-state index in [1.807, 2.05) is 0 Å². The summed E-state index contributed by atoms with van der Waals surface area (Å²) in [6, 6.07) is 13.5. The molecule has 3 aromatic rings. The number of nitrogens with zero attached hydrogens (tertiary/aromatic N) is 2. The number of nitrogens with one attached hydrogen (secondary N) is 2. The van der Waals surface area contributed by atoms with Crippen molar-refractivity contribution in [1.82, 2.24) is 9.97 Å². The Morgan fingerprint density at radius 3 is 1.90 bits per heavy atom. The Morgan fingerprint density at radius 2 is 1.38 bits per heavy atom. The predicted octanol–water partition coefficient (Wildman–Crippen LogP) is 4.41. The van der Waals surface area contributed by atoms with Gasteiger partial charge in [-0.25, -0.2) is 19.4 Å². The molecule has 0 atom stereocenters. The van der Waals surface area contributed by atoms with Gasteiger partial charge in [0.15, 0.2) is 19.0 Å². The molecular weight excluding hydrogens is 520 g/mol. The normalized spacial score (nSPS) is 10.7. The molecule has 12 heteroatoms. The van der Waals surface area contributed by atoms with E-state index in [-0.39, 0.29) is 37.2 Å². The highest BCUT2D eigenvalue weighted by atomic mass is 16.6. The molecule has 0 amide bonds. The highest BCUT2D eigenvalue weighted by Crippen LogP contribution is 2.25. The van der Waals surface area contributed by atoms with Crippen LogP contribution in [0.1, 0.15) is 38.1 Å². The third-order valence-electron chi connectivity index (χ3n) is 4.87. The SMILES string of the molecule is CCOC(=O)c1cnc(Nc2ccc(OCC(=O)OC(C)(C)C)cc2)nc1Nc1ccc(OCC(=O)OC)cc1. The summed E-state index contributed by atoms with van der Waals surface area (Å²) in [5.41, 5.74) is 0.803. The van der Waals surface area contributed by atoms with Gasteiger partial charge in [-0.1, -0.05) is 0 Å². The summed E-state index contributed by atoms with van der Waals surface area (Å²) in [6.07, 6.45) is 1.36. The quantitative estimate of drug-likeness (QED) is 0.242. The molecule has 0 saturated heterocycles. The minimum Gasteiger partial charge on any atom is -0.482 e. The Morgan fingerprint density at radius 1 is 0.825 bits per heavy atom. The average Bonchev–Trinajstić information content (AvgIpc) is 2.91. The maximum absolute atomic E-state index is 12.5. The monoisotopic (exact) mass is 552 g/mol. The van der Waals surface area contributed by atoms with Gasteiger partial charge in [0.1, 0.15) is 22.7 Å². The van der Waals surface area contributed by atoms with Gasteiger partial charge in [0.05, 0.1) is 13.7 Å². The van der Waals surface area contributed by atoms with Gasteiger partial charge in [-0.2, -0.15) is 4.98 Å². The van der Waals surface area contributed by atoms with Crippen LogP contribution in [0.15, 0.2) is 54.7 Å². The first-order chi connectivity index (χ1) is 19.1. The number of rotatable bonds is 12. The van der Waals surface area contributed by atoms with Gasteiger partial charge in [0, 0.05) is 17.6 Å². The fourth-order valence-corrected chi connectivity index (χ4v) is 3.14. The van der Waals surface area contributed by atoms with Gasteiger partial charge < -0.3 is 34.3 Å². The summed E-state index contributed by atoms with van der Waals surface area (Å²) in [5.74, 6) is -0.159. The van der Waals surface area contributed by atoms with Crippen molar-refractivity contribution in [2.24, 2.45) is 0 Å². The van der Waals surface area contributed by atoms with Crippen LogP contribution in [0.4, 0.5) is 23.1 Å². The summed E-state index contributed by atoms with van der Waals surface area (Å²) >= 11 is 0. The summed E-state index contributed by atoms with van der Waals surface area (Å²) in [6.45, 7) is 6.82. The first-order valence-corrected chi connectivity index (χ1v) is 12.4. The predicted molar refractivity (Wildman–Crippen MR) is 146 cm³/mol. The molecule has 0 aliphatic rings. The van der Waals surface area contributed by atoms with Crippen LogP contribution < -0.4 is 20.1 Å². The van der Waals surface area contributed by atoms with Crippen molar-refractivity contribution in [2.75, 3.05) is 37.6 Å². The number of aromatic nitrogens is 2. The van der Waals surface area contributed by atoms with Gasteiger partial charge in [0.2, 0.25) is 5.95 Å². The van der Waals surface area contributed by atoms with Crippen LogP contribution >= 0.6 is 0 Å². The number of ether oxygens (including phenoxy) is 5. The third-order valence-corrected chi connectivity index (χ3v) is 4.87.